The predicted octanol–water partition coefficient (Wildman–Crippen LogP) is 2.87. The average molecular weight is 411 g/mol. The molecule has 2 aromatic carbocycles. The Bertz CT molecular complexity index is 797. The third kappa shape index (κ3) is 5.74. The van der Waals surface area contributed by atoms with Crippen molar-refractivity contribution in [2.24, 2.45) is 0 Å². The summed E-state index contributed by atoms with van der Waals surface area (Å²) in [5, 5.41) is 3.15. The highest BCUT2D eigenvalue weighted by atomic mass is 16.5. The Labute approximate surface area is 180 Å². The van der Waals surface area contributed by atoms with Crippen LogP contribution >= 0.6 is 0 Å². The van der Waals surface area contributed by atoms with Gasteiger partial charge in [-0.15, -0.1) is 0 Å². The van der Waals surface area contributed by atoms with Crippen LogP contribution in [-0.4, -0.2) is 76.2 Å². The number of nitrogens with one attached hydrogen (secondary N) is 1. The van der Waals surface area contributed by atoms with E-state index < -0.39 is 0 Å². The minimum atomic E-state index is -0.0536. The first-order valence-corrected chi connectivity index (χ1v) is 10.7. The summed E-state index contributed by atoms with van der Waals surface area (Å²) in [6, 6.07) is 16.1. The molecule has 1 N–H and O–H groups in total. The Morgan fingerprint density at radius 2 is 1.67 bits per heavy atom. The number of benzene rings is 2. The number of hydrogen-bond donors (Lipinski definition) is 1. The standard InChI is InChI=1S/C24H34N4O2/c1-5-30-22-12-8-20(9-13-22)24(29)25-18-23(28-16-14-27(4)15-17-28)19-6-10-21(11-7-19)26(2)3/h6-13,23H,5,14-18H2,1-4H3,(H,25,29)/t23-/m1/s1. The zero-order chi connectivity index (χ0) is 21.5. The topological polar surface area (TPSA) is 48.1 Å². The third-order valence-electron chi connectivity index (χ3n) is 5.66. The van der Waals surface area contributed by atoms with Gasteiger partial charge in [-0.2, -0.15) is 0 Å². The van der Waals surface area contributed by atoms with Crippen molar-refractivity contribution in [3.05, 3.63) is 59.7 Å². The van der Waals surface area contributed by atoms with Crippen LogP contribution in [0.2, 0.25) is 0 Å². The number of likely N-dealkylation sites (N-methyl/N-ethyl adjacent to an activating group) is 1. The fourth-order valence-corrected chi connectivity index (χ4v) is 3.75. The van der Waals surface area contributed by atoms with Crippen LogP contribution in [0.25, 0.3) is 0 Å². The van der Waals surface area contributed by atoms with Gasteiger partial charge in [-0.3, -0.25) is 9.69 Å². The molecule has 6 heteroatoms. The highest BCUT2D eigenvalue weighted by Crippen LogP contribution is 2.24. The molecule has 1 aliphatic heterocycles. The zero-order valence-corrected chi connectivity index (χ0v) is 18.6. The average Bonchev–Trinajstić information content (AvgIpc) is 2.76. The maximum Gasteiger partial charge on any atom is 0.251 e. The van der Waals surface area contributed by atoms with Gasteiger partial charge >= 0.3 is 0 Å². The van der Waals surface area contributed by atoms with Crippen LogP contribution in [0.15, 0.2) is 48.5 Å². The van der Waals surface area contributed by atoms with Crippen LogP contribution in [0.1, 0.15) is 28.9 Å². The molecule has 0 spiro atoms. The van der Waals surface area contributed by atoms with Gasteiger partial charge in [0, 0.05) is 58.1 Å². The van der Waals surface area contributed by atoms with E-state index in [0.29, 0.717) is 18.7 Å². The van der Waals surface area contributed by atoms with Crippen molar-refractivity contribution in [3.63, 3.8) is 0 Å². The second-order valence-electron chi connectivity index (χ2n) is 8.01. The number of piperazine rings is 1. The molecule has 0 saturated carbocycles. The molecule has 1 heterocycles. The predicted molar refractivity (Wildman–Crippen MR) is 123 cm³/mol. The Morgan fingerprint density at radius 3 is 2.23 bits per heavy atom. The van der Waals surface area contributed by atoms with Crippen molar-refractivity contribution in [3.8, 4) is 5.75 Å². The smallest absolute Gasteiger partial charge is 0.251 e. The summed E-state index contributed by atoms with van der Waals surface area (Å²) in [5.41, 5.74) is 3.06. The summed E-state index contributed by atoms with van der Waals surface area (Å²) in [6.07, 6.45) is 0. The number of anilines is 1. The van der Waals surface area contributed by atoms with E-state index in [1.54, 1.807) is 0 Å². The fourth-order valence-electron chi connectivity index (χ4n) is 3.75. The first kappa shape index (κ1) is 22.1. The molecule has 0 aliphatic carbocycles. The van der Waals surface area contributed by atoms with E-state index in [9.17, 15) is 4.79 Å². The molecular formula is C24H34N4O2. The molecule has 0 unspecified atom stereocenters. The minimum absolute atomic E-state index is 0.0536. The Kier molecular flexibility index (Phi) is 7.71. The molecule has 162 valence electrons. The molecule has 1 amide bonds. The molecule has 0 bridgehead atoms. The summed E-state index contributed by atoms with van der Waals surface area (Å²) in [4.78, 5) is 19.7. The van der Waals surface area contributed by atoms with Crippen molar-refractivity contribution < 1.29 is 9.53 Å². The van der Waals surface area contributed by atoms with Crippen molar-refractivity contribution in [1.29, 1.82) is 0 Å². The quantitative estimate of drug-likeness (QED) is 0.725. The molecule has 30 heavy (non-hydrogen) atoms. The van der Waals surface area contributed by atoms with E-state index in [1.807, 2.05) is 45.3 Å². The van der Waals surface area contributed by atoms with E-state index in [-0.39, 0.29) is 11.9 Å². The highest BCUT2D eigenvalue weighted by molar-refractivity contribution is 5.94. The summed E-state index contributed by atoms with van der Waals surface area (Å²) in [7, 11) is 6.25. The number of amides is 1. The van der Waals surface area contributed by atoms with Crippen LogP contribution in [-0.2, 0) is 0 Å². The van der Waals surface area contributed by atoms with Crippen molar-refractivity contribution in [2.45, 2.75) is 13.0 Å². The lowest BCUT2D eigenvalue weighted by atomic mass is 10.0. The lowest BCUT2D eigenvalue weighted by Crippen LogP contribution is -2.48. The number of nitrogens with zero attached hydrogens (tertiary/aromatic N) is 3. The summed E-state index contributed by atoms with van der Waals surface area (Å²) in [6.45, 7) is 7.22. The molecule has 0 radical (unpaired) electrons. The number of hydrogen-bond acceptors (Lipinski definition) is 5. The molecule has 0 aromatic heterocycles. The zero-order valence-electron chi connectivity index (χ0n) is 18.6. The van der Waals surface area contributed by atoms with E-state index >= 15 is 0 Å². The van der Waals surface area contributed by atoms with Crippen molar-refractivity contribution in [1.82, 2.24) is 15.1 Å². The Morgan fingerprint density at radius 1 is 1.03 bits per heavy atom. The minimum Gasteiger partial charge on any atom is -0.494 e. The van der Waals surface area contributed by atoms with Crippen molar-refractivity contribution >= 4 is 11.6 Å². The number of ether oxygens (including phenoxy) is 1. The van der Waals surface area contributed by atoms with Crippen LogP contribution in [0.4, 0.5) is 5.69 Å². The lowest BCUT2D eigenvalue weighted by Gasteiger charge is -2.38. The second-order valence-corrected chi connectivity index (χ2v) is 8.01. The number of carbonyl (C=O) groups excluding carboxylic acids is 1. The maximum atomic E-state index is 12.7. The molecule has 2 aromatic rings. The van der Waals surface area contributed by atoms with Gasteiger partial charge in [0.25, 0.3) is 5.91 Å². The normalized spacial score (nSPS) is 16.1. The van der Waals surface area contributed by atoms with E-state index in [2.05, 4.69) is 51.3 Å². The third-order valence-corrected chi connectivity index (χ3v) is 5.66. The van der Waals surface area contributed by atoms with Crippen LogP contribution in [0.3, 0.4) is 0 Å². The van der Waals surface area contributed by atoms with Gasteiger partial charge in [-0.25, -0.2) is 0 Å². The molecular weight excluding hydrogens is 376 g/mol. The summed E-state index contributed by atoms with van der Waals surface area (Å²) in [5.74, 6) is 0.729. The summed E-state index contributed by atoms with van der Waals surface area (Å²) < 4.78 is 5.47. The number of carbonyl (C=O) groups is 1. The Hall–Kier alpha value is -2.57. The first-order valence-electron chi connectivity index (χ1n) is 10.7. The van der Waals surface area contributed by atoms with Crippen molar-refractivity contribution in [2.75, 3.05) is 65.4 Å². The second kappa shape index (κ2) is 10.5. The maximum absolute atomic E-state index is 12.7. The highest BCUT2D eigenvalue weighted by Gasteiger charge is 2.24. The molecule has 1 fully saturated rings. The first-order chi connectivity index (χ1) is 14.5. The van der Waals surface area contributed by atoms with E-state index in [4.69, 9.17) is 4.74 Å². The fraction of sp³-hybridized carbons (Fsp3) is 0.458. The molecule has 1 saturated heterocycles. The van der Waals surface area contributed by atoms with Crippen LogP contribution in [0, 0.1) is 0 Å². The molecule has 6 nitrogen and oxygen atoms in total. The van der Waals surface area contributed by atoms with Gasteiger partial charge in [-0.1, -0.05) is 12.1 Å². The summed E-state index contributed by atoms with van der Waals surface area (Å²) >= 11 is 0. The van der Waals surface area contributed by atoms with Gasteiger partial charge in [0.2, 0.25) is 0 Å². The van der Waals surface area contributed by atoms with E-state index in [1.165, 1.54) is 11.3 Å². The molecule has 1 aliphatic rings. The van der Waals surface area contributed by atoms with Gasteiger partial charge in [0.15, 0.2) is 0 Å². The van der Waals surface area contributed by atoms with Gasteiger partial charge in [-0.05, 0) is 55.9 Å². The monoisotopic (exact) mass is 410 g/mol. The Balaban J connectivity index is 1.70. The molecule has 3 rings (SSSR count). The van der Waals surface area contributed by atoms with Gasteiger partial charge in [0.1, 0.15) is 5.75 Å². The van der Waals surface area contributed by atoms with Crippen LogP contribution in [0.5, 0.6) is 5.75 Å². The SMILES string of the molecule is CCOc1ccc(C(=O)NC[C@H](c2ccc(N(C)C)cc2)N2CCN(C)CC2)cc1. The molecule has 1 atom stereocenters. The van der Waals surface area contributed by atoms with E-state index in [0.717, 1.165) is 31.9 Å². The largest absolute Gasteiger partial charge is 0.494 e. The van der Waals surface area contributed by atoms with Crippen LogP contribution < -0.4 is 15.0 Å². The number of rotatable bonds is 8. The van der Waals surface area contributed by atoms with Gasteiger partial charge < -0.3 is 19.9 Å². The van der Waals surface area contributed by atoms with Gasteiger partial charge in [0.05, 0.1) is 12.6 Å². The lowest BCUT2D eigenvalue weighted by molar-refractivity contribution is 0.0886.